The van der Waals surface area contributed by atoms with Gasteiger partial charge in [-0.05, 0) is 104 Å². The Morgan fingerprint density at radius 1 is 0.727 bits per heavy atom. The van der Waals surface area contributed by atoms with Gasteiger partial charge in [0.15, 0.2) is 12.6 Å². The van der Waals surface area contributed by atoms with Crippen molar-refractivity contribution in [2.45, 2.75) is 204 Å². The molecule has 11 N–H and O–H groups in total. The van der Waals surface area contributed by atoms with Crippen LogP contribution >= 0.6 is 0 Å². The molecule has 0 aromatic heterocycles. The number of hydrogen-bond acceptors (Lipinski definition) is 19. The van der Waals surface area contributed by atoms with Crippen molar-refractivity contribution in [1.29, 1.82) is 0 Å². The lowest BCUT2D eigenvalue weighted by Gasteiger charge is -2.71. The van der Waals surface area contributed by atoms with Crippen molar-refractivity contribution >= 4 is 11.8 Å². The quantitative estimate of drug-likeness (QED) is 0.0656. The first kappa shape index (κ1) is 52.1. The fourth-order valence-electron chi connectivity index (χ4n) is 13.6. The van der Waals surface area contributed by atoms with Gasteiger partial charge in [-0.3, -0.25) is 9.59 Å². The van der Waals surface area contributed by atoms with Gasteiger partial charge in [0.25, 0.3) is 0 Å². The van der Waals surface area contributed by atoms with Crippen LogP contribution in [0, 0.1) is 44.8 Å². The molecule has 19 nitrogen and oxygen atoms in total. The van der Waals surface area contributed by atoms with Crippen LogP contribution < -0.4 is 0 Å². The Hall–Kier alpha value is -1.76. The Bertz CT molecular complexity index is 1780. The van der Waals surface area contributed by atoms with Crippen molar-refractivity contribution in [3.05, 3.63) is 11.6 Å². The van der Waals surface area contributed by atoms with Gasteiger partial charge in [0.05, 0.1) is 37.4 Å². The van der Waals surface area contributed by atoms with E-state index >= 15 is 0 Å². The SMILES string of the molecule is CC(=O)[C@@H](C)CC[C@@]1(C(=O)O[C@H]2O[C@@H](CO)[C@H](O)[C@@H](O)[C@@H]2O)C=C2[C@@H](O)C[C@@H]3[C@]4(C)CC[C@@H](O[C@H]5OC[C@H](O)[C@@H](O[C@H]6O[C@@H](CO)[C@H](O)[C@@H](O)[C@@H]6O)[C@@H]5O)C(C)(C)[C@H]4CC[C@@]3(C)[C@]2(C)CC1. The standard InChI is InChI=1S/C47H76O19/c1-21(22(2)50)8-13-47(42(60)66-41-36(58)34(56)32(54)27(19-49)63-41)15-14-45(6)23(17-47)24(51)16-29-44(5)11-10-30(43(3,4)28(44)9-12-46(29,45)7)64-39-37(59)38(25(52)20-61-39)65-40-35(57)33(55)31(53)26(18-48)62-40/h17,21,24-41,48-49,51-59H,8-16,18-20H2,1-7H3/t21-,24-,25-,26-,27-,28+,29+,30+,31-,32-,33+,34+,35-,36-,37-,38+,39+,40+,41+,44+,45+,46+,47-/m0/s1. The molecule has 3 heterocycles. The van der Waals surface area contributed by atoms with E-state index in [9.17, 15) is 65.8 Å². The number of rotatable bonds is 12. The molecule has 0 spiro atoms. The zero-order valence-corrected chi connectivity index (χ0v) is 39.2. The van der Waals surface area contributed by atoms with Crippen LogP contribution in [-0.2, 0) is 38.0 Å². The predicted octanol–water partition coefficient (Wildman–Crippen LogP) is -0.680. The average Bonchev–Trinajstić information content (AvgIpc) is 3.27. The molecule has 4 aliphatic carbocycles. The molecule has 66 heavy (non-hydrogen) atoms. The van der Waals surface area contributed by atoms with Crippen molar-refractivity contribution in [1.82, 2.24) is 0 Å². The van der Waals surface area contributed by atoms with Crippen LogP contribution in [-0.4, -0.2) is 186 Å². The number of ketones is 1. The lowest BCUT2D eigenvalue weighted by atomic mass is 9.34. The molecule has 0 unspecified atom stereocenters. The summed E-state index contributed by atoms with van der Waals surface area (Å²) in [5.41, 5.74) is -2.32. The molecule has 0 bridgehead atoms. The summed E-state index contributed by atoms with van der Waals surface area (Å²) in [6, 6.07) is 0. The predicted molar refractivity (Wildman–Crippen MR) is 228 cm³/mol. The van der Waals surface area contributed by atoms with Crippen LogP contribution in [0.25, 0.3) is 0 Å². The third kappa shape index (κ3) is 8.65. The summed E-state index contributed by atoms with van der Waals surface area (Å²) in [5.74, 6) is -1.08. The Labute approximate surface area is 386 Å². The van der Waals surface area contributed by atoms with Crippen LogP contribution in [0.3, 0.4) is 0 Å². The van der Waals surface area contributed by atoms with Gasteiger partial charge in [-0.2, -0.15) is 0 Å². The van der Waals surface area contributed by atoms with Crippen molar-refractivity contribution < 1.29 is 94.2 Å². The van der Waals surface area contributed by atoms with E-state index in [1.54, 1.807) is 6.92 Å². The lowest BCUT2D eigenvalue weighted by molar-refractivity contribution is -0.357. The fraction of sp³-hybridized carbons (Fsp3) is 0.915. The molecule has 0 aromatic rings. The van der Waals surface area contributed by atoms with E-state index in [1.807, 2.05) is 6.08 Å². The van der Waals surface area contributed by atoms with Gasteiger partial charge in [-0.1, -0.05) is 47.6 Å². The Kier molecular flexibility index (Phi) is 15.1. The van der Waals surface area contributed by atoms with E-state index < -0.39 is 134 Å². The van der Waals surface area contributed by atoms with Crippen LogP contribution in [0.5, 0.6) is 0 Å². The minimum absolute atomic E-state index is 0.0235. The first-order valence-electron chi connectivity index (χ1n) is 23.8. The summed E-state index contributed by atoms with van der Waals surface area (Å²) in [5, 5.41) is 117. The second-order valence-electron chi connectivity index (χ2n) is 22.1. The van der Waals surface area contributed by atoms with E-state index in [0.717, 1.165) is 18.4 Å². The number of ether oxygens (including phenoxy) is 6. The molecule has 0 aromatic carbocycles. The summed E-state index contributed by atoms with van der Waals surface area (Å²) < 4.78 is 35.1. The Balaban J connectivity index is 1.10. The van der Waals surface area contributed by atoms with Gasteiger partial charge < -0.3 is 84.6 Å². The molecular formula is C47H76O19. The summed E-state index contributed by atoms with van der Waals surface area (Å²) in [6.45, 7) is 12.6. The molecule has 23 atom stereocenters. The molecule has 3 saturated carbocycles. The van der Waals surface area contributed by atoms with E-state index in [0.29, 0.717) is 38.5 Å². The van der Waals surface area contributed by atoms with Gasteiger partial charge in [-0.15, -0.1) is 0 Å². The molecule has 3 saturated heterocycles. The number of esters is 1. The number of hydrogen-bond donors (Lipinski definition) is 11. The maximum Gasteiger partial charge on any atom is 0.318 e. The smallest absolute Gasteiger partial charge is 0.318 e. The molecule has 7 rings (SSSR count). The molecule has 19 heteroatoms. The Morgan fingerprint density at radius 2 is 1.33 bits per heavy atom. The zero-order valence-electron chi connectivity index (χ0n) is 39.2. The largest absolute Gasteiger partial charge is 0.432 e. The maximum absolute atomic E-state index is 14.5. The molecule has 6 fully saturated rings. The molecule has 0 radical (unpaired) electrons. The average molecular weight is 945 g/mol. The van der Waals surface area contributed by atoms with Crippen molar-refractivity contribution in [3.8, 4) is 0 Å². The van der Waals surface area contributed by atoms with Gasteiger partial charge in [0.2, 0.25) is 6.29 Å². The topological polar surface area (TPSA) is 312 Å². The number of aliphatic hydroxyl groups excluding tert-OH is 11. The maximum atomic E-state index is 14.5. The van der Waals surface area contributed by atoms with Crippen LogP contribution in [0.4, 0.5) is 0 Å². The normalized spacial score (nSPS) is 50.8. The highest BCUT2D eigenvalue weighted by Crippen LogP contribution is 2.74. The summed E-state index contributed by atoms with van der Waals surface area (Å²) in [7, 11) is 0. The molecule has 7 aliphatic rings. The molecular weight excluding hydrogens is 868 g/mol. The summed E-state index contributed by atoms with van der Waals surface area (Å²) >= 11 is 0. The second-order valence-corrected chi connectivity index (χ2v) is 22.1. The molecule has 0 amide bonds. The molecule has 3 aliphatic heterocycles. The third-order valence-corrected chi connectivity index (χ3v) is 18.3. The van der Waals surface area contributed by atoms with E-state index in [4.69, 9.17) is 28.4 Å². The number of fused-ring (bicyclic) bond motifs is 5. The fourth-order valence-corrected chi connectivity index (χ4v) is 13.6. The number of aliphatic hydroxyl groups is 11. The van der Waals surface area contributed by atoms with Gasteiger partial charge in [0.1, 0.15) is 72.9 Å². The van der Waals surface area contributed by atoms with Gasteiger partial charge in [0, 0.05) is 5.92 Å². The number of carbonyl (C=O) groups is 2. The van der Waals surface area contributed by atoms with Crippen molar-refractivity contribution in [2.24, 2.45) is 44.8 Å². The van der Waals surface area contributed by atoms with Crippen LogP contribution in [0.1, 0.15) is 106 Å². The Morgan fingerprint density at radius 3 is 1.94 bits per heavy atom. The van der Waals surface area contributed by atoms with Crippen LogP contribution in [0.15, 0.2) is 11.6 Å². The highest BCUT2D eigenvalue weighted by atomic mass is 16.7. The van der Waals surface area contributed by atoms with Gasteiger partial charge >= 0.3 is 5.97 Å². The molecule has 378 valence electrons. The third-order valence-electron chi connectivity index (χ3n) is 18.3. The van der Waals surface area contributed by atoms with E-state index in [-0.39, 0.29) is 47.4 Å². The van der Waals surface area contributed by atoms with Gasteiger partial charge in [-0.25, -0.2) is 0 Å². The summed E-state index contributed by atoms with van der Waals surface area (Å²) in [6.07, 6.45) is -16.6. The first-order valence-corrected chi connectivity index (χ1v) is 23.8. The number of carbonyl (C=O) groups excluding carboxylic acids is 2. The zero-order chi connectivity index (χ0) is 48.6. The minimum Gasteiger partial charge on any atom is -0.432 e. The van der Waals surface area contributed by atoms with Crippen LogP contribution in [0.2, 0.25) is 0 Å². The lowest BCUT2D eigenvalue weighted by Crippen LogP contribution is -2.66. The van der Waals surface area contributed by atoms with E-state index in [1.165, 1.54) is 6.92 Å². The second kappa shape index (κ2) is 19.1. The van der Waals surface area contributed by atoms with Crippen molar-refractivity contribution in [3.63, 3.8) is 0 Å². The monoisotopic (exact) mass is 944 g/mol. The van der Waals surface area contributed by atoms with E-state index in [2.05, 4.69) is 34.6 Å². The first-order chi connectivity index (χ1) is 30.8. The summed E-state index contributed by atoms with van der Waals surface area (Å²) in [4.78, 5) is 26.9. The van der Waals surface area contributed by atoms with Crippen molar-refractivity contribution in [2.75, 3.05) is 19.8 Å². The minimum atomic E-state index is -1.80. The highest BCUT2D eigenvalue weighted by molar-refractivity contribution is 5.81. The highest BCUT2D eigenvalue weighted by Gasteiger charge is 2.69. The number of Topliss-reactive ketones (excluding diaryl/α,β-unsaturated/α-hetero) is 1.